The Morgan fingerprint density at radius 2 is 2.24 bits per heavy atom. The highest BCUT2D eigenvalue weighted by atomic mass is 32.1. The van der Waals surface area contributed by atoms with Gasteiger partial charge in [-0.2, -0.15) is 0 Å². The Hall–Kier alpha value is -2.02. The zero-order chi connectivity index (χ0) is 17.2. The maximum Gasteiger partial charge on any atom is 0.271 e. The molecule has 0 radical (unpaired) electrons. The van der Waals surface area contributed by atoms with Gasteiger partial charge in [-0.1, -0.05) is 24.3 Å². The van der Waals surface area contributed by atoms with Gasteiger partial charge in [0.2, 0.25) is 0 Å². The number of aryl methyl sites for hydroxylation is 1. The molecule has 0 bridgehead atoms. The Labute approximate surface area is 149 Å². The van der Waals surface area contributed by atoms with Crippen LogP contribution in [-0.4, -0.2) is 27.4 Å². The summed E-state index contributed by atoms with van der Waals surface area (Å²) in [4.78, 5) is 16.6. The molecule has 4 rings (SSSR count). The molecular formula is C19H20N2O3S. The quantitative estimate of drug-likeness (QED) is 0.763. The molecule has 0 spiro atoms. The highest BCUT2D eigenvalue weighted by molar-refractivity contribution is 7.17. The average Bonchev–Trinajstić information content (AvgIpc) is 3.12. The van der Waals surface area contributed by atoms with Crippen LogP contribution in [0, 0.1) is 0 Å². The minimum absolute atomic E-state index is 0.0224. The Balaban J connectivity index is 1.42. The standard InChI is InChI=1S/C19H20N2O3S/c22-14(10-21-12-20-16-8-9-25-18(16)19(21)23)11-24-17-7-3-5-13-4-1-2-6-15(13)17/h1-2,4,6,8-9,12,14,17,22H,3,5,7,10-11H2/t14-,17-/m1/s1. The van der Waals surface area contributed by atoms with Crippen molar-refractivity contribution in [3.63, 3.8) is 0 Å². The Morgan fingerprint density at radius 3 is 3.16 bits per heavy atom. The van der Waals surface area contributed by atoms with E-state index in [1.54, 1.807) is 0 Å². The van der Waals surface area contributed by atoms with Crippen LogP contribution in [0.15, 0.2) is 46.8 Å². The molecule has 0 aliphatic heterocycles. The molecular weight excluding hydrogens is 336 g/mol. The molecule has 0 saturated carbocycles. The largest absolute Gasteiger partial charge is 0.389 e. The lowest BCUT2D eigenvalue weighted by atomic mass is 9.89. The molecule has 130 valence electrons. The maximum absolute atomic E-state index is 12.4. The van der Waals surface area contributed by atoms with Crippen molar-refractivity contribution in [3.8, 4) is 0 Å². The predicted octanol–water partition coefficient (Wildman–Crippen LogP) is 2.91. The van der Waals surface area contributed by atoms with Crippen LogP contribution in [-0.2, 0) is 17.7 Å². The molecule has 1 N–H and O–H groups in total. The smallest absolute Gasteiger partial charge is 0.271 e. The van der Waals surface area contributed by atoms with Crippen LogP contribution in [0.2, 0.25) is 0 Å². The maximum atomic E-state index is 12.4. The number of ether oxygens (including phenoxy) is 1. The van der Waals surface area contributed by atoms with Gasteiger partial charge < -0.3 is 9.84 Å². The van der Waals surface area contributed by atoms with Crippen molar-refractivity contribution in [2.24, 2.45) is 0 Å². The first-order valence-corrected chi connectivity index (χ1v) is 9.40. The van der Waals surface area contributed by atoms with E-state index < -0.39 is 6.10 Å². The lowest BCUT2D eigenvalue weighted by molar-refractivity contribution is -0.0228. The molecule has 0 unspecified atom stereocenters. The zero-order valence-corrected chi connectivity index (χ0v) is 14.6. The van der Waals surface area contributed by atoms with Gasteiger partial charge in [0.15, 0.2) is 0 Å². The van der Waals surface area contributed by atoms with Crippen molar-refractivity contribution in [2.45, 2.75) is 38.0 Å². The van der Waals surface area contributed by atoms with Crippen LogP contribution in [0.5, 0.6) is 0 Å². The molecule has 1 aliphatic carbocycles. The number of thiophene rings is 1. The van der Waals surface area contributed by atoms with E-state index in [-0.39, 0.29) is 24.8 Å². The van der Waals surface area contributed by atoms with Crippen molar-refractivity contribution in [1.29, 1.82) is 0 Å². The highest BCUT2D eigenvalue weighted by Crippen LogP contribution is 2.32. The molecule has 2 aromatic heterocycles. The normalized spacial score (nSPS) is 18.2. The summed E-state index contributed by atoms with van der Waals surface area (Å²) >= 11 is 1.37. The van der Waals surface area contributed by atoms with Crippen molar-refractivity contribution in [2.75, 3.05) is 6.61 Å². The van der Waals surface area contributed by atoms with Crippen LogP contribution in [0.4, 0.5) is 0 Å². The van der Waals surface area contributed by atoms with E-state index in [1.165, 1.54) is 33.4 Å². The van der Waals surface area contributed by atoms with E-state index in [4.69, 9.17) is 4.74 Å². The van der Waals surface area contributed by atoms with E-state index in [9.17, 15) is 9.90 Å². The number of nitrogens with zero attached hydrogens (tertiary/aromatic N) is 2. The fourth-order valence-electron chi connectivity index (χ4n) is 3.40. The monoisotopic (exact) mass is 356 g/mol. The molecule has 6 heteroatoms. The number of benzene rings is 1. The van der Waals surface area contributed by atoms with Crippen LogP contribution in [0.25, 0.3) is 10.2 Å². The van der Waals surface area contributed by atoms with Gasteiger partial charge in [-0.25, -0.2) is 4.98 Å². The molecule has 1 aromatic carbocycles. The molecule has 3 aromatic rings. The summed E-state index contributed by atoms with van der Waals surface area (Å²) < 4.78 is 8.05. The van der Waals surface area contributed by atoms with E-state index >= 15 is 0 Å². The number of aliphatic hydroxyl groups is 1. The molecule has 5 nitrogen and oxygen atoms in total. The molecule has 25 heavy (non-hydrogen) atoms. The average molecular weight is 356 g/mol. The topological polar surface area (TPSA) is 64.4 Å². The van der Waals surface area contributed by atoms with Crippen molar-refractivity contribution in [3.05, 3.63) is 63.5 Å². The Morgan fingerprint density at radius 1 is 1.36 bits per heavy atom. The molecule has 1 aliphatic rings. The summed E-state index contributed by atoms with van der Waals surface area (Å²) in [5.41, 5.74) is 3.15. The lowest BCUT2D eigenvalue weighted by Gasteiger charge is -2.26. The van der Waals surface area contributed by atoms with Gasteiger partial charge in [-0.05, 0) is 41.8 Å². The second-order valence-corrected chi connectivity index (χ2v) is 7.32. The van der Waals surface area contributed by atoms with E-state index in [1.807, 2.05) is 17.5 Å². The summed E-state index contributed by atoms with van der Waals surface area (Å²) in [7, 11) is 0. The van der Waals surface area contributed by atoms with Crippen LogP contribution in [0.3, 0.4) is 0 Å². The molecule has 2 heterocycles. The SMILES string of the molecule is O=c1c2sccc2ncn1C[C@@H](O)CO[C@@H]1CCCc2ccccc21. The number of fused-ring (bicyclic) bond motifs is 2. The van der Waals surface area contributed by atoms with Gasteiger partial charge in [-0.15, -0.1) is 11.3 Å². The van der Waals surface area contributed by atoms with Gasteiger partial charge in [-0.3, -0.25) is 9.36 Å². The molecule has 0 saturated heterocycles. The fraction of sp³-hybridized carbons (Fsp3) is 0.368. The van der Waals surface area contributed by atoms with Gasteiger partial charge in [0.05, 0.1) is 37.2 Å². The van der Waals surface area contributed by atoms with Crippen LogP contribution >= 0.6 is 11.3 Å². The second kappa shape index (κ2) is 7.07. The number of aromatic nitrogens is 2. The number of rotatable bonds is 5. The summed E-state index contributed by atoms with van der Waals surface area (Å²) in [5, 5.41) is 12.2. The van der Waals surface area contributed by atoms with Crippen molar-refractivity contribution in [1.82, 2.24) is 9.55 Å². The Kier molecular flexibility index (Phi) is 4.65. The fourth-order valence-corrected chi connectivity index (χ4v) is 4.19. The second-order valence-electron chi connectivity index (χ2n) is 6.40. The first-order chi connectivity index (χ1) is 12.2. The predicted molar refractivity (Wildman–Crippen MR) is 98.0 cm³/mol. The van der Waals surface area contributed by atoms with Crippen LogP contribution < -0.4 is 5.56 Å². The number of hydrogen-bond acceptors (Lipinski definition) is 5. The van der Waals surface area contributed by atoms with E-state index in [2.05, 4.69) is 23.2 Å². The van der Waals surface area contributed by atoms with Gasteiger partial charge >= 0.3 is 0 Å². The summed E-state index contributed by atoms with van der Waals surface area (Å²) in [5.74, 6) is 0. The first-order valence-electron chi connectivity index (χ1n) is 8.52. The van der Waals surface area contributed by atoms with E-state index in [0.717, 1.165) is 19.3 Å². The summed E-state index contributed by atoms with van der Waals surface area (Å²) in [6.07, 6.45) is 3.92. The number of hydrogen-bond donors (Lipinski definition) is 1. The third kappa shape index (κ3) is 3.38. The number of aliphatic hydroxyl groups excluding tert-OH is 1. The van der Waals surface area contributed by atoms with Gasteiger partial charge in [0, 0.05) is 0 Å². The van der Waals surface area contributed by atoms with Crippen LogP contribution in [0.1, 0.15) is 30.1 Å². The minimum Gasteiger partial charge on any atom is -0.389 e. The van der Waals surface area contributed by atoms with Gasteiger partial charge in [0.1, 0.15) is 4.70 Å². The molecule has 2 atom stereocenters. The third-order valence-corrected chi connectivity index (χ3v) is 5.54. The first kappa shape index (κ1) is 16.4. The Bertz CT molecular complexity index is 934. The lowest BCUT2D eigenvalue weighted by Crippen LogP contribution is -2.30. The minimum atomic E-state index is -0.744. The van der Waals surface area contributed by atoms with E-state index in [0.29, 0.717) is 10.2 Å². The molecule has 0 fully saturated rings. The summed E-state index contributed by atoms with van der Waals surface area (Å²) in [6, 6.07) is 10.1. The van der Waals surface area contributed by atoms with Crippen molar-refractivity contribution >= 4 is 21.6 Å². The highest BCUT2D eigenvalue weighted by Gasteiger charge is 2.21. The molecule has 0 amide bonds. The van der Waals surface area contributed by atoms with Crippen molar-refractivity contribution < 1.29 is 9.84 Å². The van der Waals surface area contributed by atoms with Gasteiger partial charge in [0.25, 0.3) is 5.56 Å². The zero-order valence-electron chi connectivity index (χ0n) is 13.8. The third-order valence-electron chi connectivity index (χ3n) is 4.65. The summed E-state index contributed by atoms with van der Waals surface area (Å²) in [6.45, 7) is 0.391.